The van der Waals surface area contributed by atoms with Crippen molar-refractivity contribution in [2.24, 2.45) is 7.05 Å². The van der Waals surface area contributed by atoms with Crippen LogP contribution in [0.5, 0.6) is 5.75 Å². The van der Waals surface area contributed by atoms with Crippen molar-refractivity contribution in [1.29, 1.82) is 0 Å². The Bertz CT molecular complexity index is 871. The van der Waals surface area contributed by atoms with Gasteiger partial charge in [0, 0.05) is 28.4 Å². The average Bonchev–Trinajstić information content (AvgIpc) is 2.95. The highest BCUT2D eigenvalue weighted by molar-refractivity contribution is 9.10. The second-order valence-electron chi connectivity index (χ2n) is 5.24. The van der Waals surface area contributed by atoms with E-state index in [-0.39, 0.29) is 6.61 Å². The number of halogens is 3. The lowest BCUT2D eigenvalue weighted by atomic mass is 10.2. The van der Waals surface area contributed by atoms with Crippen LogP contribution in [0.3, 0.4) is 0 Å². The lowest BCUT2D eigenvalue weighted by Gasteiger charge is -2.08. The van der Waals surface area contributed by atoms with Crippen molar-refractivity contribution in [2.75, 3.05) is 0 Å². The van der Waals surface area contributed by atoms with E-state index in [1.54, 1.807) is 30.0 Å². The predicted molar refractivity (Wildman–Crippen MR) is 106 cm³/mol. The molecule has 0 N–H and O–H groups in total. The highest BCUT2D eigenvalue weighted by Gasteiger charge is 2.11. The third kappa shape index (κ3) is 4.91. The molecule has 0 saturated carbocycles. The zero-order valence-corrected chi connectivity index (χ0v) is 17.2. The van der Waals surface area contributed by atoms with Crippen molar-refractivity contribution in [2.45, 2.75) is 17.5 Å². The molecule has 0 radical (unpaired) electrons. The predicted octanol–water partition coefficient (Wildman–Crippen LogP) is 5.76. The molecule has 0 bridgehead atoms. The number of rotatable bonds is 6. The van der Waals surface area contributed by atoms with Crippen LogP contribution in [0.1, 0.15) is 11.4 Å². The Morgan fingerprint density at radius 1 is 1.12 bits per heavy atom. The molecule has 0 saturated heterocycles. The molecule has 8 heteroatoms. The molecule has 3 aromatic rings. The van der Waals surface area contributed by atoms with E-state index in [1.165, 1.54) is 5.56 Å². The van der Waals surface area contributed by atoms with Crippen molar-refractivity contribution in [3.8, 4) is 5.75 Å². The molecule has 0 amide bonds. The first-order valence-electron chi connectivity index (χ1n) is 7.36. The minimum atomic E-state index is 0.266. The summed E-state index contributed by atoms with van der Waals surface area (Å²) >= 11 is 17.1. The fourth-order valence-electron chi connectivity index (χ4n) is 2.06. The normalized spacial score (nSPS) is 10.9. The van der Waals surface area contributed by atoms with Crippen molar-refractivity contribution in [3.05, 3.63) is 68.4 Å². The van der Waals surface area contributed by atoms with E-state index in [4.69, 9.17) is 27.9 Å². The maximum atomic E-state index is 6.10. The van der Waals surface area contributed by atoms with E-state index in [0.717, 1.165) is 15.4 Å². The van der Waals surface area contributed by atoms with Crippen molar-refractivity contribution >= 4 is 50.9 Å². The monoisotopic (exact) mass is 457 g/mol. The van der Waals surface area contributed by atoms with E-state index < -0.39 is 0 Å². The zero-order valence-electron chi connectivity index (χ0n) is 13.2. The topological polar surface area (TPSA) is 39.9 Å². The number of thioether (sulfide) groups is 1. The Morgan fingerprint density at radius 3 is 2.64 bits per heavy atom. The minimum Gasteiger partial charge on any atom is -0.484 e. The second-order valence-corrected chi connectivity index (χ2v) is 7.94. The molecule has 3 rings (SSSR count). The van der Waals surface area contributed by atoms with Gasteiger partial charge < -0.3 is 9.30 Å². The molecule has 0 fully saturated rings. The summed E-state index contributed by atoms with van der Waals surface area (Å²) in [6.07, 6.45) is 0. The van der Waals surface area contributed by atoms with Gasteiger partial charge in [0.05, 0.1) is 5.02 Å². The summed E-state index contributed by atoms with van der Waals surface area (Å²) in [6, 6.07) is 13.3. The quantitative estimate of drug-likeness (QED) is 0.440. The van der Waals surface area contributed by atoms with Crippen LogP contribution in [0, 0.1) is 0 Å². The summed E-state index contributed by atoms with van der Waals surface area (Å²) in [4.78, 5) is 0. The Hall–Kier alpha value is -1.21. The van der Waals surface area contributed by atoms with Gasteiger partial charge in [0.15, 0.2) is 11.0 Å². The molecule has 0 aliphatic carbocycles. The third-order valence-corrected chi connectivity index (χ3v) is 5.62. The molecule has 25 heavy (non-hydrogen) atoms. The number of aromatic nitrogens is 3. The van der Waals surface area contributed by atoms with Gasteiger partial charge >= 0.3 is 0 Å². The number of nitrogens with zero attached hydrogens (tertiary/aromatic N) is 3. The fraction of sp³-hybridized carbons (Fsp3) is 0.176. The highest BCUT2D eigenvalue weighted by atomic mass is 79.9. The van der Waals surface area contributed by atoms with Gasteiger partial charge in [-0.1, -0.05) is 63.0 Å². The van der Waals surface area contributed by atoms with Gasteiger partial charge in [0.1, 0.15) is 12.4 Å². The minimum absolute atomic E-state index is 0.266. The molecule has 0 aliphatic heterocycles. The molecule has 2 aromatic carbocycles. The molecule has 0 aliphatic rings. The molecule has 0 spiro atoms. The van der Waals surface area contributed by atoms with Gasteiger partial charge in [-0.15, -0.1) is 10.2 Å². The molecule has 1 heterocycles. The maximum Gasteiger partial charge on any atom is 0.191 e. The maximum absolute atomic E-state index is 6.10. The molecular formula is C17H14BrCl2N3OS. The van der Waals surface area contributed by atoms with Crippen molar-refractivity contribution < 1.29 is 4.74 Å². The van der Waals surface area contributed by atoms with E-state index in [2.05, 4.69) is 38.3 Å². The molecular weight excluding hydrogens is 445 g/mol. The van der Waals surface area contributed by atoms with Gasteiger partial charge in [-0.2, -0.15) is 0 Å². The molecule has 0 unspecified atom stereocenters. The van der Waals surface area contributed by atoms with Crippen LogP contribution < -0.4 is 4.74 Å². The van der Waals surface area contributed by atoms with Gasteiger partial charge in [-0.25, -0.2) is 0 Å². The van der Waals surface area contributed by atoms with Crippen LogP contribution in [0.15, 0.2) is 52.1 Å². The van der Waals surface area contributed by atoms with Gasteiger partial charge in [0.25, 0.3) is 0 Å². The van der Waals surface area contributed by atoms with Crippen LogP contribution in [-0.4, -0.2) is 14.8 Å². The molecule has 130 valence electrons. The molecule has 1 aromatic heterocycles. The Kier molecular flexibility index (Phi) is 6.28. The van der Waals surface area contributed by atoms with Crippen molar-refractivity contribution in [1.82, 2.24) is 14.8 Å². The highest BCUT2D eigenvalue weighted by Crippen LogP contribution is 2.28. The van der Waals surface area contributed by atoms with Gasteiger partial charge in [-0.05, 0) is 29.8 Å². The van der Waals surface area contributed by atoms with Crippen LogP contribution >= 0.6 is 50.9 Å². The lowest BCUT2D eigenvalue weighted by molar-refractivity contribution is 0.290. The molecule has 4 nitrogen and oxygen atoms in total. The van der Waals surface area contributed by atoms with Crippen LogP contribution in [-0.2, 0) is 19.4 Å². The average molecular weight is 459 g/mol. The standard InChI is InChI=1S/C17H14BrCl2N3OS/c1-23-16(9-24-15-8-13(19)6-7-14(15)20)21-22-17(23)25-10-11-2-4-12(18)5-3-11/h2-8H,9-10H2,1H3. The van der Waals surface area contributed by atoms with E-state index in [0.29, 0.717) is 21.6 Å². The SMILES string of the molecule is Cn1c(COc2cc(Cl)ccc2Cl)nnc1SCc1ccc(Br)cc1. The molecule has 0 atom stereocenters. The lowest BCUT2D eigenvalue weighted by Crippen LogP contribution is -2.04. The van der Waals surface area contributed by atoms with E-state index >= 15 is 0 Å². The fourth-order valence-corrected chi connectivity index (χ4v) is 3.54. The van der Waals surface area contributed by atoms with Crippen molar-refractivity contribution in [3.63, 3.8) is 0 Å². The number of ether oxygens (including phenoxy) is 1. The summed E-state index contributed by atoms with van der Waals surface area (Å²) in [6.45, 7) is 0.266. The van der Waals surface area contributed by atoms with Gasteiger partial charge in [-0.3, -0.25) is 0 Å². The van der Waals surface area contributed by atoms with Crippen LogP contribution in [0.25, 0.3) is 0 Å². The Morgan fingerprint density at radius 2 is 1.88 bits per heavy atom. The smallest absolute Gasteiger partial charge is 0.191 e. The van der Waals surface area contributed by atoms with E-state index in [9.17, 15) is 0 Å². The first-order valence-corrected chi connectivity index (χ1v) is 9.90. The largest absolute Gasteiger partial charge is 0.484 e. The first kappa shape index (κ1) is 18.6. The summed E-state index contributed by atoms with van der Waals surface area (Å²) in [5.41, 5.74) is 1.22. The number of hydrogen-bond donors (Lipinski definition) is 0. The van der Waals surface area contributed by atoms with Crippen LogP contribution in [0.4, 0.5) is 0 Å². The zero-order chi connectivity index (χ0) is 17.8. The Balaban J connectivity index is 1.62. The third-order valence-electron chi connectivity index (χ3n) is 3.46. The summed E-state index contributed by atoms with van der Waals surface area (Å²) in [7, 11) is 1.92. The Labute approximate surface area is 168 Å². The first-order chi connectivity index (χ1) is 12.0. The summed E-state index contributed by atoms with van der Waals surface area (Å²) in [5, 5.41) is 10.3. The second kappa shape index (κ2) is 8.45. The number of benzene rings is 2. The summed E-state index contributed by atoms with van der Waals surface area (Å²) < 4.78 is 8.71. The van der Waals surface area contributed by atoms with Crippen LogP contribution in [0.2, 0.25) is 10.0 Å². The van der Waals surface area contributed by atoms with Gasteiger partial charge in [0.2, 0.25) is 0 Å². The number of hydrogen-bond acceptors (Lipinski definition) is 4. The summed E-state index contributed by atoms with van der Waals surface area (Å²) in [5.74, 6) is 2.07. The van der Waals surface area contributed by atoms with E-state index in [1.807, 2.05) is 23.7 Å².